The Balaban J connectivity index is 2.00. The molecule has 2 amide bonds. The monoisotopic (exact) mass is 384 g/mol. The number of methoxy groups -OCH3 is 1. The summed E-state index contributed by atoms with van der Waals surface area (Å²) in [5.74, 6) is -0.323. The molecule has 0 aliphatic carbocycles. The fourth-order valence-corrected chi connectivity index (χ4v) is 2.60. The molecule has 7 nitrogen and oxygen atoms in total. The van der Waals surface area contributed by atoms with E-state index >= 15 is 0 Å². The summed E-state index contributed by atoms with van der Waals surface area (Å²) in [4.78, 5) is 37.4. The van der Waals surface area contributed by atoms with E-state index in [-0.39, 0.29) is 24.9 Å². The number of nitrogens with one attached hydrogen (secondary N) is 1. The second-order valence-corrected chi connectivity index (χ2v) is 6.03. The third-order valence-corrected chi connectivity index (χ3v) is 4.01. The first-order valence-electron chi connectivity index (χ1n) is 8.89. The zero-order valence-electron chi connectivity index (χ0n) is 16.2. The van der Waals surface area contributed by atoms with Crippen molar-refractivity contribution in [3.8, 4) is 5.75 Å². The molecule has 2 aromatic carbocycles. The average molecular weight is 384 g/mol. The molecule has 28 heavy (non-hydrogen) atoms. The van der Waals surface area contributed by atoms with Crippen LogP contribution in [-0.4, -0.2) is 42.9 Å². The second kappa shape index (κ2) is 10.1. The van der Waals surface area contributed by atoms with Gasteiger partial charge in [0.2, 0.25) is 11.8 Å². The summed E-state index contributed by atoms with van der Waals surface area (Å²) >= 11 is 0. The molecule has 0 fully saturated rings. The molecule has 0 aromatic heterocycles. The Morgan fingerprint density at radius 2 is 1.71 bits per heavy atom. The van der Waals surface area contributed by atoms with Crippen LogP contribution in [0, 0.1) is 0 Å². The van der Waals surface area contributed by atoms with E-state index in [0.29, 0.717) is 23.6 Å². The quantitative estimate of drug-likeness (QED) is 0.708. The highest BCUT2D eigenvalue weighted by molar-refractivity contribution is 5.95. The van der Waals surface area contributed by atoms with Crippen LogP contribution in [0.25, 0.3) is 0 Å². The average Bonchev–Trinajstić information content (AvgIpc) is 2.68. The summed E-state index contributed by atoms with van der Waals surface area (Å²) in [6.45, 7) is 3.60. The molecule has 2 aromatic rings. The van der Waals surface area contributed by atoms with Crippen molar-refractivity contribution in [2.45, 2.75) is 20.4 Å². The van der Waals surface area contributed by atoms with Crippen molar-refractivity contribution in [2.75, 3.05) is 25.6 Å². The zero-order valence-corrected chi connectivity index (χ0v) is 16.2. The van der Waals surface area contributed by atoms with E-state index < -0.39 is 5.97 Å². The molecule has 0 saturated heterocycles. The summed E-state index contributed by atoms with van der Waals surface area (Å²) < 4.78 is 10.2. The molecule has 0 aliphatic rings. The molecule has 0 saturated carbocycles. The number of amides is 2. The summed E-state index contributed by atoms with van der Waals surface area (Å²) in [6.07, 6.45) is 0. The number of nitrogens with zero attached hydrogens (tertiary/aromatic N) is 1. The van der Waals surface area contributed by atoms with Gasteiger partial charge in [-0.2, -0.15) is 0 Å². The van der Waals surface area contributed by atoms with Gasteiger partial charge >= 0.3 is 5.97 Å². The first-order valence-corrected chi connectivity index (χ1v) is 8.89. The number of hydrogen-bond acceptors (Lipinski definition) is 5. The van der Waals surface area contributed by atoms with Crippen LogP contribution in [0.3, 0.4) is 0 Å². The fraction of sp³-hybridized carbons (Fsp3) is 0.286. The van der Waals surface area contributed by atoms with Gasteiger partial charge in [-0.15, -0.1) is 0 Å². The lowest BCUT2D eigenvalue weighted by molar-refractivity contribution is -0.133. The zero-order chi connectivity index (χ0) is 20.5. The fourth-order valence-electron chi connectivity index (χ4n) is 2.60. The largest absolute Gasteiger partial charge is 0.496 e. The van der Waals surface area contributed by atoms with Crippen LogP contribution in [0.4, 0.5) is 5.69 Å². The molecule has 2 rings (SSSR count). The molecule has 0 heterocycles. The van der Waals surface area contributed by atoms with Crippen LogP contribution < -0.4 is 10.1 Å². The number of carbonyl (C=O) groups excluding carboxylic acids is 3. The van der Waals surface area contributed by atoms with Crippen LogP contribution in [-0.2, 0) is 20.9 Å². The van der Waals surface area contributed by atoms with E-state index in [9.17, 15) is 14.4 Å². The van der Waals surface area contributed by atoms with E-state index in [1.54, 1.807) is 44.4 Å². The molecule has 0 unspecified atom stereocenters. The summed E-state index contributed by atoms with van der Waals surface area (Å²) in [5.41, 5.74) is 1.74. The van der Waals surface area contributed by atoms with Crippen LogP contribution in [0.15, 0.2) is 48.5 Å². The maximum atomic E-state index is 12.4. The Kier molecular flexibility index (Phi) is 7.56. The minimum atomic E-state index is -0.417. The van der Waals surface area contributed by atoms with E-state index in [1.807, 2.05) is 18.2 Å². The highest BCUT2D eigenvalue weighted by atomic mass is 16.5. The lowest BCUT2D eigenvalue weighted by Gasteiger charge is -2.21. The number of para-hydroxylation sites is 1. The first-order chi connectivity index (χ1) is 13.4. The van der Waals surface area contributed by atoms with Crippen LogP contribution in [0.1, 0.15) is 29.8 Å². The van der Waals surface area contributed by atoms with Gasteiger partial charge < -0.3 is 19.7 Å². The predicted molar refractivity (Wildman–Crippen MR) is 105 cm³/mol. The molecule has 0 spiro atoms. The Bertz CT molecular complexity index is 833. The van der Waals surface area contributed by atoms with Gasteiger partial charge in [0.15, 0.2) is 0 Å². The van der Waals surface area contributed by atoms with Crippen molar-refractivity contribution in [2.24, 2.45) is 0 Å². The molecule has 1 N–H and O–H groups in total. The van der Waals surface area contributed by atoms with Crippen molar-refractivity contribution in [1.29, 1.82) is 0 Å². The third-order valence-electron chi connectivity index (χ3n) is 4.01. The number of anilines is 1. The third kappa shape index (κ3) is 5.84. The minimum Gasteiger partial charge on any atom is -0.496 e. The summed E-state index contributed by atoms with van der Waals surface area (Å²) in [6, 6.07) is 13.7. The van der Waals surface area contributed by atoms with E-state index in [1.165, 1.54) is 11.8 Å². The number of benzene rings is 2. The van der Waals surface area contributed by atoms with Crippen molar-refractivity contribution in [3.63, 3.8) is 0 Å². The second-order valence-electron chi connectivity index (χ2n) is 6.03. The van der Waals surface area contributed by atoms with E-state index in [2.05, 4.69) is 5.32 Å². The van der Waals surface area contributed by atoms with Crippen molar-refractivity contribution >= 4 is 23.5 Å². The van der Waals surface area contributed by atoms with Crippen LogP contribution in [0.5, 0.6) is 5.75 Å². The summed E-state index contributed by atoms with van der Waals surface area (Å²) in [7, 11) is 1.56. The number of ether oxygens (including phenoxy) is 2. The maximum absolute atomic E-state index is 12.4. The first kappa shape index (κ1) is 21.0. The van der Waals surface area contributed by atoms with E-state index in [4.69, 9.17) is 9.47 Å². The van der Waals surface area contributed by atoms with Gasteiger partial charge in [0.1, 0.15) is 12.3 Å². The SMILES string of the molecule is CCOC(=O)c1ccc(NC(=O)CN(Cc2ccccc2OC)C(C)=O)cc1. The predicted octanol–water partition coefficient (Wildman–Crippen LogP) is 2.86. The van der Waals surface area contributed by atoms with Gasteiger partial charge in [-0.05, 0) is 37.3 Å². The van der Waals surface area contributed by atoms with Gasteiger partial charge in [0.25, 0.3) is 0 Å². The number of carbonyl (C=O) groups is 3. The molecule has 0 atom stereocenters. The standard InChI is InChI=1S/C21H24N2O5/c1-4-28-21(26)16-9-11-18(12-10-16)22-20(25)14-23(15(2)24)13-17-7-5-6-8-19(17)27-3/h5-12H,4,13-14H2,1-3H3,(H,22,25). The maximum Gasteiger partial charge on any atom is 0.338 e. The van der Waals surface area contributed by atoms with Crippen molar-refractivity contribution < 1.29 is 23.9 Å². The molecule has 0 radical (unpaired) electrons. The smallest absolute Gasteiger partial charge is 0.338 e. The molecule has 148 valence electrons. The van der Waals surface area contributed by atoms with Gasteiger partial charge in [0, 0.05) is 24.7 Å². The minimum absolute atomic E-state index is 0.104. The van der Waals surface area contributed by atoms with Crippen molar-refractivity contribution in [3.05, 3.63) is 59.7 Å². The van der Waals surface area contributed by atoms with Crippen LogP contribution >= 0.6 is 0 Å². The molecule has 0 aliphatic heterocycles. The number of hydrogen-bond donors (Lipinski definition) is 1. The lowest BCUT2D eigenvalue weighted by atomic mass is 10.2. The Morgan fingerprint density at radius 3 is 2.32 bits per heavy atom. The van der Waals surface area contributed by atoms with E-state index in [0.717, 1.165) is 5.56 Å². The molecule has 7 heteroatoms. The van der Waals surface area contributed by atoms with Gasteiger partial charge in [-0.1, -0.05) is 18.2 Å². The van der Waals surface area contributed by atoms with Gasteiger partial charge in [-0.3, -0.25) is 9.59 Å². The van der Waals surface area contributed by atoms with Crippen LogP contribution in [0.2, 0.25) is 0 Å². The summed E-state index contributed by atoms with van der Waals surface area (Å²) in [5, 5.41) is 2.72. The van der Waals surface area contributed by atoms with Gasteiger partial charge in [0.05, 0.1) is 19.3 Å². The number of esters is 1. The topological polar surface area (TPSA) is 84.9 Å². The molecular weight excluding hydrogens is 360 g/mol. The van der Waals surface area contributed by atoms with Gasteiger partial charge in [-0.25, -0.2) is 4.79 Å². The lowest BCUT2D eigenvalue weighted by Crippen LogP contribution is -2.36. The highest BCUT2D eigenvalue weighted by Crippen LogP contribution is 2.19. The van der Waals surface area contributed by atoms with Crippen molar-refractivity contribution in [1.82, 2.24) is 4.90 Å². The Labute approximate surface area is 164 Å². The Hall–Kier alpha value is -3.35. The number of rotatable bonds is 8. The highest BCUT2D eigenvalue weighted by Gasteiger charge is 2.16. The normalized spacial score (nSPS) is 10.1. The molecular formula is C21H24N2O5. The molecule has 0 bridgehead atoms. The Morgan fingerprint density at radius 1 is 1.04 bits per heavy atom.